The lowest BCUT2D eigenvalue weighted by Crippen LogP contribution is -2.46. The molecular formula is C24H31N3O4. The Morgan fingerprint density at radius 1 is 0.968 bits per heavy atom. The van der Waals surface area contributed by atoms with Crippen LogP contribution in [-0.4, -0.2) is 43.0 Å². The van der Waals surface area contributed by atoms with E-state index in [2.05, 4.69) is 10.6 Å². The molecule has 0 spiro atoms. The molecule has 0 heterocycles. The van der Waals surface area contributed by atoms with Gasteiger partial charge in [0.1, 0.15) is 6.04 Å². The highest BCUT2D eigenvalue weighted by Gasteiger charge is 2.28. The molecule has 1 atom stereocenters. The molecule has 7 heteroatoms. The van der Waals surface area contributed by atoms with Gasteiger partial charge in [0, 0.05) is 38.3 Å². The van der Waals surface area contributed by atoms with E-state index in [-0.39, 0.29) is 24.7 Å². The molecule has 1 unspecified atom stereocenters. The van der Waals surface area contributed by atoms with E-state index < -0.39 is 17.4 Å². The van der Waals surface area contributed by atoms with E-state index in [1.54, 1.807) is 13.8 Å². The molecule has 31 heavy (non-hydrogen) atoms. The third kappa shape index (κ3) is 8.12. The smallest absolute Gasteiger partial charge is 0.303 e. The third-order valence-corrected chi connectivity index (χ3v) is 4.85. The summed E-state index contributed by atoms with van der Waals surface area (Å²) in [6.07, 6.45) is 0.206. The highest BCUT2D eigenvalue weighted by Crippen LogP contribution is 2.25. The van der Waals surface area contributed by atoms with Crippen LogP contribution in [0.2, 0.25) is 0 Å². The topological polar surface area (TPSA) is 98.7 Å². The Bertz CT molecular complexity index is 893. The molecule has 2 aromatic rings. The van der Waals surface area contributed by atoms with Crippen molar-refractivity contribution in [3.05, 3.63) is 60.2 Å². The summed E-state index contributed by atoms with van der Waals surface area (Å²) in [7, 11) is 3.87. The minimum absolute atomic E-state index is 0.00933. The molecule has 0 bridgehead atoms. The van der Waals surface area contributed by atoms with Gasteiger partial charge in [-0.05, 0) is 35.2 Å². The van der Waals surface area contributed by atoms with Crippen molar-refractivity contribution in [1.29, 1.82) is 0 Å². The molecule has 2 rings (SSSR count). The zero-order chi connectivity index (χ0) is 23.0. The predicted molar refractivity (Wildman–Crippen MR) is 122 cm³/mol. The van der Waals surface area contributed by atoms with E-state index in [1.165, 1.54) is 0 Å². The molecular weight excluding hydrogens is 394 g/mol. The molecule has 0 saturated carbocycles. The fourth-order valence-electron chi connectivity index (χ4n) is 3.28. The molecule has 0 aliphatic heterocycles. The normalized spacial score (nSPS) is 12.0. The maximum absolute atomic E-state index is 13.0. The average molecular weight is 426 g/mol. The number of carbonyl (C=O) groups excluding carboxylic acids is 2. The summed E-state index contributed by atoms with van der Waals surface area (Å²) in [6, 6.07) is 16.1. The van der Waals surface area contributed by atoms with Gasteiger partial charge >= 0.3 is 5.97 Å². The zero-order valence-electron chi connectivity index (χ0n) is 18.5. The van der Waals surface area contributed by atoms with Gasteiger partial charge in [-0.15, -0.1) is 0 Å². The lowest BCUT2D eigenvalue weighted by atomic mass is 9.85. The van der Waals surface area contributed by atoms with Crippen molar-refractivity contribution in [2.45, 2.75) is 39.2 Å². The minimum atomic E-state index is -0.961. The Balaban J connectivity index is 2.12. The first kappa shape index (κ1) is 23.9. The second-order valence-electron chi connectivity index (χ2n) is 8.65. The molecule has 0 saturated heterocycles. The zero-order valence-corrected chi connectivity index (χ0v) is 18.5. The highest BCUT2D eigenvalue weighted by molar-refractivity contribution is 5.97. The van der Waals surface area contributed by atoms with Crippen molar-refractivity contribution < 1.29 is 19.5 Å². The van der Waals surface area contributed by atoms with Gasteiger partial charge in [-0.2, -0.15) is 0 Å². The molecule has 166 valence electrons. The first-order chi connectivity index (χ1) is 14.6. The van der Waals surface area contributed by atoms with Gasteiger partial charge in [0.25, 0.3) is 0 Å². The number of hydrogen-bond donors (Lipinski definition) is 3. The van der Waals surface area contributed by atoms with Crippen LogP contribution in [-0.2, 0) is 20.8 Å². The Morgan fingerprint density at radius 2 is 1.58 bits per heavy atom. The first-order valence-electron chi connectivity index (χ1n) is 10.2. The van der Waals surface area contributed by atoms with Gasteiger partial charge in [-0.25, -0.2) is 0 Å². The summed E-state index contributed by atoms with van der Waals surface area (Å²) in [5.74, 6) is -1.64. The molecule has 3 N–H and O–H groups in total. The second kappa shape index (κ2) is 10.6. The van der Waals surface area contributed by atoms with Crippen molar-refractivity contribution >= 4 is 29.2 Å². The summed E-state index contributed by atoms with van der Waals surface area (Å²) in [5.41, 5.74) is 1.84. The van der Waals surface area contributed by atoms with Crippen LogP contribution in [0.25, 0.3) is 0 Å². The van der Waals surface area contributed by atoms with Crippen LogP contribution in [0.3, 0.4) is 0 Å². The number of carboxylic acid groups (broad SMARTS) is 1. The summed E-state index contributed by atoms with van der Waals surface area (Å²) in [5, 5.41) is 14.7. The van der Waals surface area contributed by atoms with Gasteiger partial charge < -0.3 is 20.6 Å². The quantitative estimate of drug-likeness (QED) is 0.542. The number of anilines is 2. The maximum atomic E-state index is 13.0. The Kier molecular flexibility index (Phi) is 8.19. The number of nitrogens with one attached hydrogen (secondary N) is 2. The van der Waals surface area contributed by atoms with E-state index in [4.69, 9.17) is 5.11 Å². The highest BCUT2D eigenvalue weighted by atomic mass is 16.4. The lowest BCUT2D eigenvalue weighted by molar-refractivity contribution is -0.140. The van der Waals surface area contributed by atoms with E-state index >= 15 is 0 Å². The largest absolute Gasteiger partial charge is 0.481 e. The van der Waals surface area contributed by atoms with Gasteiger partial charge in [-0.3, -0.25) is 14.4 Å². The van der Waals surface area contributed by atoms with Crippen molar-refractivity contribution in [2.75, 3.05) is 24.3 Å². The van der Waals surface area contributed by atoms with E-state index in [0.717, 1.165) is 11.3 Å². The number of nitrogens with zero attached hydrogens (tertiary/aromatic N) is 1. The second-order valence-corrected chi connectivity index (χ2v) is 8.65. The standard InChI is InChI=1S/C24H31N3O4/c1-24(2,16-22(29)30)15-21(28)26-20(14-17-8-6-5-7-9-17)23(31)25-18-10-12-19(13-11-18)27(3)4/h5-13,20H,14-16H2,1-4H3,(H,25,31)(H,26,28)(H,29,30). The predicted octanol–water partition coefficient (Wildman–Crippen LogP) is 3.31. The molecule has 2 amide bonds. The van der Waals surface area contributed by atoms with Crippen molar-refractivity contribution in [2.24, 2.45) is 5.41 Å². The van der Waals surface area contributed by atoms with Crippen LogP contribution < -0.4 is 15.5 Å². The number of carboxylic acids is 1. The molecule has 0 fully saturated rings. The van der Waals surface area contributed by atoms with Crippen LogP contribution in [0, 0.1) is 5.41 Å². The maximum Gasteiger partial charge on any atom is 0.303 e. The molecule has 0 aromatic heterocycles. The van der Waals surface area contributed by atoms with E-state index in [0.29, 0.717) is 12.1 Å². The molecule has 0 aliphatic carbocycles. The average Bonchev–Trinajstić information content (AvgIpc) is 2.67. The first-order valence-corrected chi connectivity index (χ1v) is 10.2. The van der Waals surface area contributed by atoms with E-state index in [9.17, 15) is 14.4 Å². The van der Waals surface area contributed by atoms with Crippen LogP contribution in [0.5, 0.6) is 0 Å². The van der Waals surface area contributed by atoms with Crippen molar-refractivity contribution in [3.63, 3.8) is 0 Å². The Labute approximate surface area is 183 Å². The number of carbonyl (C=O) groups is 3. The van der Waals surface area contributed by atoms with Crippen LogP contribution in [0.4, 0.5) is 11.4 Å². The third-order valence-electron chi connectivity index (χ3n) is 4.85. The summed E-state index contributed by atoms with van der Waals surface area (Å²) in [6.45, 7) is 3.44. The molecule has 0 aliphatic rings. The van der Waals surface area contributed by atoms with Gasteiger partial charge in [-0.1, -0.05) is 44.2 Å². The molecule has 7 nitrogen and oxygen atoms in total. The van der Waals surface area contributed by atoms with Gasteiger partial charge in [0.15, 0.2) is 0 Å². The summed E-state index contributed by atoms with van der Waals surface area (Å²) < 4.78 is 0. The Hall–Kier alpha value is -3.35. The SMILES string of the molecule is CN(C)c1ccc(NC(=O)C(Cc2ccccc2)NC(=O)CC(C)(C)CC(=O)O)cc1. The summed E-state index contributed by atoms with van der Waals surface area (Å²) in [4.78, 5) is 38.6. The molecule has 0 radical (unpaired) electrons. The van der Waals surface area contributed by atoms with Gasteiger partial charge in [0.2, 0.25) is 11.8 Å². The fraction of sp³-hybridized carbons (Fsp3) is 0.375. The number of aliphatic carboxylic acids is 1. The number of hydrogen-bond acceptors (Lipinski definition) is 4. The number of benzene rings is 2. The number of rotatable bonds is 10. The minimum Gasteiger partial charge on any atom is -0.481 e. The lowest BCUT2D eigenvalue weighted by Gasteiger charge is -2.24. The van der Waals surface area contributed by atoms with Crippen LogP contribution in [0.1, 0.15) is 32.3 Å². The monoisotopic (exact) mass is 425 g/mol. The van der Waals surface area contributed by atoms with Crippen LogP contribution >= 0.6 is 0 Å². The van der Waals surface area contributed by atoms with E-state index in [1.807, 2.05) is 73.6 Å². The Morgan fingerprint density at radius 3 is 2.13 bits per heavy atom. The van der Waals surface area contributed by atoms with Crippen LogP contribution in [0.15, 0.2) is 54.6 Å². The fourth-order valence-corrected chi connectivity index (χ4v) is 3.28. The number of amides is 2. The summed E-state index contributed by atoms with van der Waals surface area (Å²) >= 11 is 0. The van der Waals surface area contributed by atoms with Crippen molar-refractivity contribution in [3.8, 4) is 0 Å². The molecule has 2 aromatic carbocycles. The van der Waals surface area contributed by atoms with Gasteiger partial charge in [0.05, 0.1) is 6.42 Å². The van der Waals surface area contributed by atoms with Crippen molar-refractivity contribution in [1.82, 2.24) is 5.32 Å².